The summed E-state index contributed by atoms with van der Waals surface area (Å²) in [5, 5.41) is 14.6. The number of aromatic nitrogens is 4. The van der Waals surface area contributed by atoms with E-state index in [0.29, 0.717) is 17.2 Å². The molecule has 0 unspecified atom stereocenters. The first-order valence-electron chi connectivity index (χ1n) is 5.33. The van der Waals surface area contributed by atoms with E-state index in [-0.39, 0.29) is 11.3 Å². The third-order valence-corrected chi connectivity index (χ3v) is 2.26. The van der Waals surface area contributed by atoms with Crippen LogP contribution in [0.4, 0.5) is 10.5 Å². The predicted octanol–water partition coefficient (Wildman–Crippen LogP) is 2.04. The molecule has 0 spiro atoms. The number of amides is 1. The molecule has 0 atom stereocenters. The number of ether oxygens (including phenoxy) is 1. The molecule has 8 heteroatoms. The molecule has 7 nitrogen and oxygen atoms in total. The number of hydrogen-bond donors (Lipinski definition) is 1. The molecule has 0 fully saturated rings. The van der Waals surface area contributed by atoms with E-state index in [0.717, 1.165) is 0 Å². The zero-order valence-corrected chi connectivity index (χ0v) is 10.9. The van der Waals surface area contributed by atoms with E-state index in [2.05, 4.69) is 20.6 Å². The fourth-order valence-corrected chi connectivity index (χ4v) is 1.58. The SMILES string of the molecule is Cc1nnc2c(NC(=O)OC(C)C)cc(Cl)nn12. The Morgan fingerprint density at radius 3 is 2.89 bits per heavy atom. The van der Waals surface area contributed by atoms with Gasteiger partial charge in [-0.1, -0.05) is 11.6 Å². The molecule has 0 radical (unpaired) electrons. The molecular formula is C10H12ClN5O2. The van der Waals surface area contributed by atoms with Gasteiger partial charge in [-0.2, -0.15) is 9.61 Å². The molecule has 0 saturated heterocycles. The summed E-state index contributed by atoms with van der Waals surface area (Å²) in [4.78, 5) is 11.5. The minimum absolute atomic E-state index is 0.210. The van der Waals surface area contributed by atoms with Crippen molar-refractivity contribution >= 4 is 29.0 Å². The van der Waals surface area contributed by atoms with Crippen molar-refractivity contribution in [1.82, 2.24) is 19.8 Å². The van der Waals surface area contributed by atoms with Crippen molar-refractivity contribution in [3.05, 3.63) is 17.0 Å². The van der Waals surface area contributed by atoms with Crippen molar-refractivity contribution in [2.45, 2.75) is 26.9 Å². The maximum atomic E-state index is 11.5. The van der Waals surface area contributed by atoms with Gasteiger partial charge < -0.3 is 4.74 Å². The predicted molar refractivity (Wildman–Crippen MR) is 65.8 cm³/mol. The fourth-order valence-electron chi connectivity index (χ4n) is 1.40. The number of hydrogen-bond acceptors (Lipinski definition) is 5. The lowest BCUT2D eigenvalue weighted by molar-refractivity contribution is 0.130. The monoisotopic (exact) mass is 269 g/mol. The number of nitrogens with zero attached hydrogens (tertiary/aromatic N) is 4. The Kier molecular flexibility index (Phi) is 3.33. The number of carbonyl (C=O) groups excluding carboxylic acids is 1. The minimum Gasteiger partial charge on any atom is -0.447 e. The lowest BCUT2D eigenvalue weighted by atomic mass is 10.4. The highest BCUT2D eigenvalue weighted by Gasteiger charge is 2.13. The van der Waals surface area contributed by atoms with Gasteiger partial charge in [0.25, 0.3) is 0 Å². The summed E-state index contributed by atoms with van der Waals surface area (Å²) in [7, 11) is 0. The molecular weight excluding hydrogens is 258 g/mol. The van der Waals surface area contributed by atoms with Crippen LogP contribution < -0.4 is 5.32 Å². The average Bonchev–Trinajstić information content (AvgIpc) is 2.59. The van der Waals surface area contributed by atoms with Gasteiger partial charge in [0.05, 0.1) is 11.8 Å². The van der Waals surface area contributed by atoms with Crippen LogP contribution in [-0.2, 0) is 4.74 Å². The van der Waals surface area contributed by atoms with E-state index < -0.39 is 6.09 Å². The first kappa shape index (κ1) is 12.6. The summed E-state index contributed by atoms with van der Waals surface area (Å²) >= 11 is 5.86. The lowest BCUT2D eigenvalue weighted by Crippen LogP contribution is -2.18. The van der Waals surface area contributed by atoms with E-state index in [1.54, 1.807) is 20.8 Å². The Balaban J connectivity index is 2.35. The number of aryl methyl sites for hydroxylation is 1. The molecule has 2 aromatic heterocycles. The minimum atomic E-state index is -0.574. The number of halogens is 1. The highest BCUT2D eigenvalue weighted by molar-refractivity contribution is 6.29. The summed E-state index contributed by atoms with van der Waals surface area (Å²) in [6.45, 7) is 5.26. The first-order valence-corrected chi connectivity index (χ1v) is 5.71. The van der Waals surface area contributed by atoms with Crippen LogP contribution in [0.15, 0.2) is 6.07 Å². The molecule has 0 saturated carbocycles. The van der Waals surface area contributed by atoms with Gasteiger partial charge in [0.15, 0.2) is 11.0 Å². The topological polar surface area (TPSA) is 81.4 Å². The summed E-state index contributed by atoms with van der Waals surface area (Å²) in [5.41, 5.74) is 0.818. The molecule has 0 aliphatic carbocycles. The van der Waals surface area contributed by atoms with Crippen LogP contribution in [0.25, 0.3) is 5.65 Å². The van der Waals surface area contributed by atoms with Crippen molar-refractivity contribution in [2.24, 2.45) is 0 Å². The van der Waals surface area contributed by atoms with Gasteiger partial charge in [-0.15, -0.1) is 10.2 Å². The number of carbonyl (C=O) groups is 1. The Morgan fingerprint density at radius 2 is 2.22 bits per heavy atom. The molecule has 18 heavy (non-hydrogen) atoms. The molecule has 2 aromatic rings. The summed E-state index contributed by atoms with van der Waals surface area (Å²) in [6.07, 6.45) is -0.784. The Hall–Kier alpha value is -1.89. The van der Waals surface area contributed by atoms with E-state index in [1.807, 2.05) is 0 Å². The molecule has 0 aliphatic rings. The number of rotatable bonds is 2. The molecule has 0 aromatic carbocycles. The van der Waals surface area contributed by atoms with E-state index in [1.165, 1.54) is 10.6 Å². The standard InChI is InChI=1S/C10H12ClN5O2/c1-5(2)18-10(17)12-7-4-8(11)15-16-6(3)13-14-9(7)16/h4-5H,1-3H3,(H,12,17). The Bertz CT molecular complexity index is 595. The maximum Gasteiger partial charge on any atom is 0.411 e. The van der Waals surface area contributed by atoms with E-state index in [4.69, 9.17) is 16.3 Å². The van der Waals surface area contributed by atoms with Crippen LogP contribution in [0.2, 0.25) is 5.15 Å². The van der Waals surface area contributed by atoms with Crippen LogP contribution in [0.1, 0.15) is 19.7 Å². The van der Waals surface area contributed by atoms with Crippen molar-refractivity contribution in [1.29, 1.82) is 0 Å². The molecule has 1 amide bonds. The lowest BCUT2D eigenvalue weighted by Gasteiger charge is -2.09. The largest absolute Gasteiger partial charge is 0.447 e. The molecule has 0 aliphatic heterocycles. The second-order valence-corrected chi connectivity index (χ2v) is 4.33. The highest BCUT2D eigenvalue weighted by atomic mass is 35.5. The van der Waals surface area contributed by atoms with Crippen molar-refractivity contribution in [3.8, 4) is 0 Å². The molecule has 2 rings (SSSR count). The summed E-state index contributed by atoms with van der Waals surface area (Å²) < 4.78 is 6.43. The molecule has 96 valence electrons. The third kappa shape index (κ3) is 2.51. The maximum absolute atomic E-state index is 11.5. The van der Waals surface area contributed by atoms with E-state index >= 15 is 0 Å². The zero-order valence-electron chi connectivity index (χ0n) is 10.1. The highest BCUT2D eigenvalue weighted by Crippen LogP contribution is 2.19. The molecule has 2 heterocycles. The van der Waals surface area contributed by atoms with Crippen LogP contribution in [0, 0.1) is 6.92 Å². The van der Waals surface area contributed by atoms with Gasteiger partial charge in [-0.25, -0.2) is 4.79 Å². The Morgan fingerprint density at radius 1 is 1.50 bits per heavy atom. The number of anilines is 1. The normalized spacial score (nSPS) is 10.9. The zero-order chi connectivity index (χ0) is 13.3. The van der Waals surface area contributed by atoms with Gasteiger partial charge >= 0.3 is 6.09 Å². The third-order valence-electron chi connectivity index (χ3n) is 2.08. The van der Waals surface area contributed by atoms with Crippen molar-refractivity contribution < 1.29 is 9.53 Å². The van der Waals surface area contributed by atoms with Crippen molar-refractivity contribution in [3.63, 3.8) is 0 Å². The van der Waals surface area contributed by atoms with Gasteiger partial charge in [0.1, 0.15) is 0 Å². The summed E-state index contributed by atoms with van der Waals surface area (Å²) in [5.74, 6) is 0.577. The Labute approximate surface area is 108 Å². The summed E-state index contributed by atoms with van der Waals surface area (Å²) in [6, 6.07) is 1.49. The van der Waals surface area contributed by atoms with Crippen molar-refractivity contribution in [2.75, 3.05) is 5.32 Å². The van der Waals surface area contributed by atoms with Gasteiger partial charge in [-0.3, -0.25) is 5.32 Å². The van der Waals surface area contributed by atoms with Gasteiger partial charge in [0.2, 0.25) is 5.65 Å². The van der Waals surface area contributed by atoms with Crippen LogP contribution >= 0.6 is 11.6 Å². The number of nitrogens with one attached hydrogen (secondary N) is 1. The van der Waals surface area contributed by atoms with Gasteiger partial charge in [-0.05, 0) is 20.8 Å². The molecule has 1 N–H and O–H groups in total. The van der Waals surface area contributed by atoms with Gasteiger partial charge in [0, 0.05) is 6.07 Å². The first-order chi connectivity index (χ1) is 8.47. The van der Waals surface area contributed by atoms with E-state index in [9.17, 15) is 4.79 Å². The second kappa shape index (κ2) is 4.77. The van der Waals surface area contributed by atoms with Crippen LogP contribution in [0.3, 0.4) is 0 Å². The smallest absolute Gasteiger partial charge is 0.411 e. The number of fused-ring (bicyclic) bond motifs is 1. The van der Waals surface area contributed by atoms with Crippen LogP contribution in [-0.4, -0.2) is 32.0 Å². The average molecular weight is 270 g/mol. The fraction of sp³-hybridized carbons (Fsp3) is 0.400. The van der Waals surface area contributed by atoms with Crippen LogP contribution in [0.5, 0.6) is 0 Å². The molecule has 0 bridgehead atoms. The second-order valence-electron chi connectivity index (χ2n) is 3.94. The quantitative estimate of drug-likeness (QED) is 0.902.